The second-order valence-corrected chi connectivity index (χ2v) is 6.04. The van der Waals surface area contributed by atoms with E-state index in [1.54, 1.807) is 36.4 Å². The minimum Gasteiger partial charge on any atom is -0.289 e. The molecule has 26 heavy (non-hydrogen) atoms. The predicted octanol–water partition coefficient (Wildman–Crippen LogP) is 5.65. The third-order valence-corrected chi connectivity index (χ3v) is 4.05. The standard InChI is InChI=1S/C24H22O2/c1-5-17(3)7-10-19(6-2)23(25)21-13-15-22(16-14-21)24(26)20-11-8-18(4)9-12-20/h5-16H,1-2H2,3-4H3/b17-7-,19-10+. The minimum absolute atomic E-state index is 0.0620. The Bertz CT molecular complexity index is 892. The van der Waals surface area contributed by atoms with Crippen LogP contribution in [0.25, 0.3) is 0 Å². The van der Waals surface area contributed by atoms with Crippen molar-refractivity contribution < 1.29 is 9.59 Å². The van der Waals surface area contributed by atoms with E-state index >= 15 is 0 Å². The number of ketones is 2. The lowest BCUT2D eigenvalue weighted by Gasteiger charge is -2.05. The Morgan fingerprint density at radius 1 is 0.769 bits per heavy atom. The Labute approximate surface area is 154 Å². The van der Waals surface area contributed by atoms with Crippen molar-refractivity contribution in [3.05, 3.63) is 119 Å². The number of hydrogen-bond donors (Lipinski definition) is 0. The number of Topliss-reactive ketones (excluding diaryl/α,β-unsaturated/α-hetero) is 1. The molecule has 0 aliphatic heterocycles. The van der Waals surface area contributed by atoms with E-state index in [1.807, 2.05) is 44.2 Å². The molecule has 0 saturated heterocycles. The van der Waals surface area contributed by atoms with Crippen LogP contribution in [0.4, 0.5) is 0 Å². The van der Waals surface area contributed by atoms with Gasteiger partial charge in [-0.15, -0.1) is 0 Å². The summed E-state index contributed by atoms with van der Waals surface area (Å²) < 4.78 is 0. The highest BCUT2D eigenvalue weighted by Crippen LogP contribution is 2.15. The van der Waals surface area contributed by atoms with Gasteiger partial charge in [0.25, 0.3) is 0 Å². The number of rotatable bonds is 7. The Balaban J connectivity index is 2.24. The summed E-state index contributed by atoms with van der Waals surface area (Å²) in [6, 6.07) is 14.1. The number of carbonyl (C=O) groups is 2. The third-order valence-electron chi connectivity index (χ3n) is 4.05. The van der Waals surface area contributed by atoms with Gasteiger partial charge in [-0.05, 0) is 13.8 Å². The fourth-order valence-electron chi connectivity index (χ4n) is 2.34. The smallest absolute Gasteiger partial charge is 0.193 e. The van der Waals surface area contributed by atoms with Crippen LogP contribution in [-0.4, -0.2) is 11.6 Å². The first-order chi connectivity index (χ1) is 12.5. The first kappa shape index (κ1) is 19.1. The third kappa shape index (κ3) is 4.64. The van der Waals surface area contributed by atoms with Crippen LogP contribution in [0, 0.1) is 6.92 Å². The molecular weight excluding hydrogens is 320 g/mol. The molecule has 0 unspecified atom stereocenters. The van der Waals surface area contributed by atoms with Gasteiger partial charge >= 0.3 is 0 Å². The van der Waals surface area contributed by atoms with Gasteiger partial charge < -0.3 is 0 Å². The zero-order chi connectivity index (χ0) is 19.1. The Morgan fingerprint density at radius 3 is 1.77 bits per heavy atom. The van der Waals surface area contributed by atoms with Gasteiger partial charge in [0.1, 0.15) is 0 Å². The van der Waals surface area contributed by atoms with E-state index in [9.17, 15) is 9.59 Å². The van der Waals surface area contributed by atoms with Crippen LogP contribution in [0.5, 0.6) is 0 Å². The monoisotopic (exact) mass is 342 g/mol. The summed E-state index contributed by atoms with van der Waals surface area (Å²) in [5, 5.41) is 0. The van der Waals surface area contributed by atoms with Gasteiger partial charge in [-0.25, -0.2) is 0 Å². The fourth-order valence-corrected chi connectivity index (χ4v) is 2.34. The summed E-state index contributed by atoms with van der Waals surface area (Å²) in [6.07, 6.45) is 6.78. The van der Waals surface area contributed by atoms with Crippen LogP contribution < -0.4 is 0 Å². The number of hydrogen-bond acceptors (Lipinski definition) is 2. The van der Waals surface area contributed by atoms with Gasteiger partial charge in [0.15, 0.2) is 11.6 Å². The summed E-state index contributed by atoms with van der Waals surface area (Å²) in [5.41, 5.74) is 4.25. The normalized spacial score (nSPS) is 11.8. The van der Waals surface area contributed by atoms with Crippen LogP contribution >= 0.6 is 0 Å². The summed E-state index contributed by atoms with van der Waals surface area (Å²) >= 11 is 0. The number of aryl methyl sites for hydroxylation is 1. The molecule has 0 atom stereocenters. The molecule has 0 radical (unpaired) electrons. The molecule has 2 heteroatoms. The van der Waals surface area contributed by atoms with Crippen molar-refractivity contribution >= 4 is 11.6 Å². The highest BCUT2D eigenvalue weighted by atomic mass is 16.1. The van der Waals surface area contributed by atoms with Crippen molar-refractivity contribution in [1.82, 2.24) is 0 Å². The van der Waals surface area contributed by atoms with E-state index in [0.717, 1.165) is 11.1 Å². The second kappa shape index (κ2) is 8.72. The molecule has 0 aliphatic rings. The minimum atomic E-state index is -0.137. The highest BCUT2D eigenvalue weighted by molar-refractivity contribution is 6.12. The van der Waals surface area contributed by atoms with E-state index in [4.69, 9.17) is 0 Å². The molecule has 2 nitrogen and oxygen atoms in total. The lowest BCUT2D eigenvalue weighted by Crippen LogP contribution is -2.04. The molecule has 0 spiro atoms. The Kier molecular flexibility index (Phi) is 6.40. The molecule has 0 N–H and O–H groups in total. The van der Waals surface area contributed by atoms with Gasteiger partial charge in [-0.3, -0.25) is 9.59 Å². The summed E-state index contributed by atoms with van der Waals surface area (Å²) in [7, 11) is 0. The average Bonchev–Trinajstić information content (AvgIpc) is 2.68. The van der Waals surface area contributed by atoms with E-state index in [-0.39, 0.29) is 11.6 Å². The SMILES string of the molecule is C=C/C(C)=C\C=C(/C=C)C(=O)c1ccc(C(=O)c2ccc(C)cc2)cc1. The second-order valence-electron chi connectivity index (χ2n) is 6.04. The fraction of sp³-hybridized carbons (Fsp3) is 0.0833. The molecule has 0 bridgehead atoms. The maximum Gasteiger partial charge on any atom is 0.193 e. The van der Waals surface area contributed by atoms with Crippen molar-refractivity contribution in [2.75, 3.05) is 0 Å². The van der Waals surface area contributed by atoms with Crippen molar-refractivity contribution in [3.63, 3.8) is 0 Å². The van der Waals surface area contributed by atoms with Crippen molar-refractivity contribution in [2.45, 2.75) is 13.8 Å². The molecule has 0 aliphatic carbocycles. The Morgan fingerprint density at radius 2 is 1.27 bits per heavy atom. The van der Waals surface area contributed by atoms with Gasteiger partial charge in [0.05, 0.1) is 0 Å². The van der Waals surface area contributed by atoms with Crippen molar-refractivity contribution in [3.8, 4) is 0 Å². The quantitative estimate of drug-likeness (QED) is 0.370. The van der Waals surface area contributed by atoms with E-state index in [2.05, 4.69) is 13.2 Å². The molecular formula is C24H22O2. The first-order valence-electron chi connectivity index (χ1n) is 8.36. The van der Waals surface area contributed by atoms with Gasteiger partial charge in [0, 0.05) is 22.3 Å². The van der Waals surface area contributed by atoms with Gasteiger partial charge in [-0.1, -0.05) is 97.1 Å². The summed E-state index contributed by atoms with van der Waals surface area (Å²) in [5.74, 6) is -0.199. The van der Waals surface area contributed by atoms with Crippen LogP contribution in [0.2, 0.25) is 0 Å². The molecule has 2 aromatic carbocycles. The summed E-state index contributed by atoms with van der Waals surface area (Å²) in [4.78, 5) is 25.1. The molecule has 0 saturated carbocycles. The van der Waals surface area contributed by atoms with Crippen LogP contribution in [-0.2, 0) is 0 Å². The molecule has 130 valence electrons. The molecule has 0 fully saturated rings. The molecule has 2 aromatic rings. The maximum atomic E-state index is 12.6. The zero-order valence-corrected chi connectivity index (χ0v) is 15.2. The van der Waals surface area contributed by atoms with Crippen LogP contribution in [0.3, 0.4) is 0 Å². The van der Waals surface area contributed by atoms with Crippen molar-refractivity contribution in [2.24, 2.45) is 0 Å². The highest BCUT2D eigenvalue weighted by Gasteiger charge is 2.12. The summed E-state index contributed by atoms with van der Waals surface area (Å²) in [6.45, 7) is 11.3. The first-order valence-corrected chi connectivity index (χ1v) is 8.36. The van der Waals surface area contributed by atoms with Crippen LogP contribution in [0.1, 0.15) is 38.8 Å². The predicted molar refractivity (Wildman–Crippen MR) is 108 cm³/mol. The molecule has 0 heterocycles. The molecule has 0 amide bonds. The lowest BCUT2D eigenvalue weighted by atomic mass is 9.98. The molecule has 2 rings (SSSR count). The molecule has 0 aromatic heterocycles. The van der Waals surface area contributed by atoms with E-state index in [0.29, 0.717) is 22.3 Å². The number of allylic oxidation sites excluding steroid dienone is 6. The number of carbonyl (C=O) groups excluding carboxylic acids is 2. The average molecular weight is 342 g/mol. The lowest BCUT2D eigenvalue weighted by molar-refractivity contribution is 0.102. The maximum absolute atomic E-state index is 12.6. The zero-order valence-electron chi connectivity index (χ0n) is 15.2. The van der Waals surface area contributed by atoms with Crippen LogP contribution in [0.15, 0.2) is 97.1 Å². The van der Waals surface area contributed by atoms with Crippen molar-refractivity contribution in [1.29, 1.82) is 0 Å². The van der Waals surface area contributed by atoms with E-state index < -0.39 is 0 Å². The topological polar surface area (TPSA) is 34.1 Å². The van der Waals surface area contributed by atoms with Gasteiger partial charge in [0.2, 0.25) is 0 Å². The van der Waals surface area contributed by atoms with E-state index in [1.165, 1.54) is 6.08 Å². The number of benzene rings is 2. The van der Waals surface area contributed by atoms with Gasteiger partial charge in [-0.2, -0.15) is 0 Å². The largest absolute Gasteiger partial charge is 0.289 e. The Hall–Kier alpha value is -3.26.